The number of amides is 2. The number of carbonyl (C=O) groups is 1. The van der Waals surface area contributed by atoms with Crippen LogP contribution < -0.4 is 16.0 Å². The molecule has 0 aromatic heterocycles. The molecule has 5 heteroatoms. The maximum Gasteiger partial charge on any atom is 0.323 e. The standard InChI is InChI=1S/C16H16FN3O/c17-12-4-2-5-13(9-12)19-16(21)20-15-6-1-3-11-10-18-8-7-14(11)15/h1-6,9,18H,7-8,10H2,(H2,19,20,21). The van der Waals surface area contributed by atoms with Gasteiger partial charge in [0, 0.05) is 17.9 Å². The van der Waals surface area contributed by atoms with E-state index >= 15 is 0 Å². The van der Waals surface area contributed by atoms with Crippen molar-refractivity contribution in [2.45, 2.75) is 13.0 Å². The Bertz CT molecular complexity index is 672. The van der Waals surface area contributed by atoms with Gasteiger partial charge in [0.05, 0.1) is 0 Å². The predicted molar refractivity (Wildman–Crippen MR) is 80.9 cm³/mol. The molecule has 0 fully saturated rings. The molecule has 0 unspecified atom stereocenters. The third-order valence-electron chi connectivity index (χ3n) is 3.47. The highest BCUT2D eigenvalue weighted by atomic mass is 19.1. The van der Waals surface area contributed by atoms with Gasteiger partial charge in [0.1, 0.15) is 5.82 Å². The highest BCUT2D eigenvalue weighted by molar-refractivity contribution is 6.00. The fraction of sp³-hybridized carbons (Fsp3) is 0.188. The lowest BCUT2D eigenvalue weighted by Crippen LogP contribution is -2.26. The first-order valence-electron chi connectivity index (χ1n) is 6.87. The van der Waals surface area contributed by atoms with E-state index in [1.54, 1.807) is 12.1 Å². The second-order valence-electron chi connectivity index (χ2n) is 4.96. The fourth-order valence-corrected chi connectivity index (χ4v) is 2.50. The lowest BCUT2D eigenvalue weighted by Gasteiger charge is -2.20. The van der Waals surface area contributed by atoms with E-state index in [2.05, 4.69) is 22.0 Å². The van der Waals surface area contributed by atoms with Gasteiger partial charge in [0.25, 0.3) is 0 Å². The smallest absolute Gasteiger partial charge is 0.312 e. The van der Waals surface area contributed by atoms with Crippen molar-refractivity contribution in [3.63, 3.8) is 0 Å². The van der Waals surface area contributed by atoms with Crippen molar-refractivity contribution in [3.8, 4) is 0 Å². The average Bonchev–Trinajstić information content (AvgIpc) is 2.47. The summed E-state index contributed by atoms with van der Waals surface area (Å²) in [6, 6.07) is 11.3. The SMILES string of the molecule is O=C(Nc1cccc(F)c1)Nc1cccc2c1CCNC2. The molecule has 2 aromatic rings. The number of rotatable bonds is 2. The molecule has 21 heavy (non-hydrogen) atoms. The number of anilines is 2. The molecule has 0 aliphatic carbocycles. The molecular weight excluding hydrogens is 269 g/mol. The van der Waals surface area contributed by atoms with Crippen molar-refractivity contribution in [3.05, 3.63) is 59.4 Å². The first-order valence-corrected chi connectivity index (χ1v) is 6.87. The van der Waals surface area contributed by atoms with Gasteiger partial charge in [-0.05, 0) is 48.4 Å². The molecule has 1 aliphatic rings. The molecule has 2 aromatic carbocycles. The molecule has 0 bridgehead atoms. The molecule has 3 N–H and O–H groups in total. The van der Waals surface area contributed by atoms with Gasteiger partial charge < -0.3 is 16.0 Å². The Balaban J connectivity index is 1.73. The van der Waals surface area contributed by atoms with Crippen LogP contribution in [0.15, 0.2) is 42.5 Å². The minimum absolute atomic E-state index is 0.368. The average molecular weight is 285 g/mol. The number of benzene rings is 2. The molecule has 1 heterocycles. The van der Waals surface area contributed by atoms with Crippen molar-refractivity contribution >= 4 is 17.4 Å². The van der Waals surface area contributed by atoms with Crippen molar-refractivity contribution in [2.24, 2.45) is 0 Å². The van der Waals surface area contributed by atoms with E-state index in [1.807, 2.05) is 12.1 Å². The monoisotopic (exact) mass is 285 g/mol. The van der Waals surface area contributed by atoms with Crippen molar-refractivity contribution < 1.29 is 9.18 Å². The van der Waals surface area contributed by atoms with E-state index in [0.717, 1.165) is 30.8 Å². The Hall–Kier alpha value is -2.40. The van der Waals surface area contributed by atoms with Crippen LogP contribution >= 0.6 is 0 Å². The molecule has 2 amide bonds. The molecule has 0 atom stereocenters. The van der Waals surface area contributed by atoms with Crippen molar-refractivity contribution in [1.29, 1.82) is 0 Å². The Morgan fingerprint density at radius 3 is 2.86 bits per heavy atom. The van der Waals surface area contributed by atoms with E-state index in [-0.39, 0.29) is 11.8 Å². The Labute approximate surface area is 122 Å². The fourth-order valence-electron chi connectivity index (χ4n) is 2.50. The van der Waals surface area contributed by atoms with Crippen LogP contribution in [0.25, 0.3) is 0 Å². The highest BCUT2D eigenvalue weighted by Crippen LogP contribution is 2.23. The third-order valence-corrected chi connectivity index (χ3v) is 3.47. The van der Waals surface area contributed by atoms with E-state index < -0.39 is 0 Å². The quantitative estimate of drug-likeness (QED) is 0.794. The van der Waals surface area contributed by atoms with Gasteiger partial charge >= 0.3 is 6.03 Å². The number of hydrogen-bond acceptors (Lipinski definition) is 2. The highest BCUT2D eigenvalue weighted by Gasteiger charge is 2.14. The Morgan fingerprint density at radius 1 is 1.14 bits per heavy atom. The van der Waals surface area contributed by atoms with Crippen LogP contribution in [0.5, 0.6) is 0 Å². The Morgan fingerprint density at radius 2 is 2.00 bits per heavy atom. The van der Waals surface area contributed by atoms with Crippen LogP contribution in [-0.4, -0.2) is 12.6 Å². The molecule has 0 saturated carbocycles. The molecular formula is C16H16FN3O. The van der Waals surface area contributed by atoms with Crippen LogP contribution in [0.2, 0.25) is 0 Å². The summed E-state index contributed by atoms with van der Waals surface area (Å²) in [5, 5.41) is 8.77. The van der Waals surface area contributed by atoms with Crippen molar-refractivity contribution in [2.75, 3.05) is 17.2 Å². The lowest BCUT2D eigenvalue weighted by molar-refractivity contribution is 0.262. The van der Waals surface area contributed by atoms with E-state index in [4.69, 9.17) is 0 Å². The second-order valence-corrected chi connectivity index (χ2v) is 4.96. The zero-order chi connectivity index (χ0) is 14.7. The first kappa shape index (κ1) is 13.6. The largest absolute Gasteiger partial charge is 0.323 e. The summed E-state index contributed by atoms with van der Waals surface area (Å²) < 4.78 is 13.1. The van der Waals surface area contributed by atoms with Crippen molar-refractivity contribution in [1.82, 2.24) is 5.32 Å². The molecule has 0 saturated heterocycles. The number of carbonyl (C=O) groups excluding carboxylic acids is 1. The zero-order valence-corrected chi connectivity index (χ0v) is 11.4. The minimum atomic E-state index is -0.379. The molecule has 0 spiro atoms. The van der Waals surface area contributed by atoms with Crippen LogP contribution in [0, 0.1) is 5.82 Å². The first-order chi connectivity index (χ1) is 10.2. The molecule has 108 valence electrons. The number of halogens is 1. The summed E-state index contributed by atoms with van der Waals surface area (Å²) in [4.78, 5) is 12.0. The zero-order valence-electron chi connectivity index (χ0n) is 11.4. The van der Waals surface area contributed by atoms with E-state index in [0.29, 0.717) is 5.69 Å². The van der Waals surface area contributed by atoms with Gasteiger partial charge in [-0.3, -0.25) is 0 Å². The summed E-state index contributed by atoms with van der Waals surface area (Å²) in [6.45, 7) is 1.72. The molecule has 1 aliphatic heterocycles. The summed E-state index contributed by atoms with van der Waals surface area (Å²) in [7, 11) is 0. The van der Waals surface area contributed by atoms with Gasteiger partial charge in [-0.1, -0.05) is 18.2 Å². The topological polar surface area (TPSA) is 53.2 Å². The van der Waals surface area contributed by atoms with Crippen LogP contribution in [0.3, 0.4) is 0 Å². The second kappa shape index (κ2) is 5.93. The molecule has 4 nitrogen and oxygen atoms in total. The van der Waals surface area contributed by atoms with Gasteiger partial charge in [-0.15, -0.1) is 0 Å². The summed E-state index contributed by atoms with van der Waals surface area (Å²) in [6.07, 6.45) is 0.881. The van der Waals surface area contributed by atoms with Gasteiger partial charge in [0.2, 0.25) is 0 Å². The van der Waals surface area contributed by atoms with Gasteiger partial charge in [0.15, 0.2) is 0 Å². The maximum atomic E-state index is 13.1. The predicted octanol–water partition coefficient (Wildman–Crippen LogP) is 3.12. The van der Waals surface area contributed by atoms with Crippen LogP contribution in [0.1, 0.15) is 11.1 Å². The summed E-state index contributed by atoms with van der Waals surface area (Å²) in [5.74, 6) is -0.379. The van der Waals surface area contributed by atoms with Gasteiger partial charge in [-0.2, -0.15) is 0 Å². The van der Waals surface area contributed by atoms with E-state index in [9.17, 15) is 9.18 Å². The summed E-state index contributed by atoms with van der Waals surface area (Å²) in [5.41, 5.74) is 3.59. The summed E-state index contributed by atoms with van der Waals surface area (Å²) >= 11 is 0. The number of urea groups is 1. The Kier molecular flexibility index (Phi) is 3.83. The third kappa shape index (κ3) is 3.20. The van der Waals surface area contributed by atoms with Gasteiger partial charge in [-0.25, -0.2) is 9.18 Å². The number of nitrogens with one attached hydrogen (secondary N) is 3. The minimum Gasteiger partial charge on any atom is -0.312 e. The molecule has 3 rings (SSSR count). The number of fused-ring (bicyclic) bond motifs is 1. The number of hydrogen-bond donors (Lipinski definition) is 3. The lowest BCUT2D eigenvalue weighted by atomic mass is 9.99. The van der Waals surface area contributed by atoms with Crippen LogP contribution in [0.4, 0.5) is 20.6 Å². The normalized spacial score (nSPS) is 13.4. The molecule has 0 radical (unpaired) electrons. The van der Waals surface area contributed by atoms with E-state index in [1.165, 1.54) is 17.7 Å². The van der Waals surface area contributed by atoms with Crippen LogP contribution in [-0.2, 0) is 13.0 Å². The maximum absolute atomic E-state index is 13.1.